The van der Waals surface area contributed by atoms with Crippen molar-refractivity contribution in [3.8, 4) is 0 Å². The van der Waals surface area contributed by atoms with Gasteiger partial charge >= 0.3 is 0 Å². The molecule has 3 rings (SSSR count). The minimum Gasteiger partial charge on any atom is -0.374 e. The normalized spacial score (nSPS) is 26.1. The number of nitrogen functional groups attached to an aromatic ring is 1. The number of morpholine rings is 1. The summed E-state index contributed by atoms with van der Waals surface area (Å²) in [6, 6.07) is 2.43. The Kier molecular flexibility index (Phi) is 3.91. The molecule has 1 aromatic heterocycles. The van der Waals surface area contributed by atoms with Crippen molar-refractivity contribution in [2.45, 2.75) is 44.8 Å². The predicted octanol–water partition coefficient (Wildman–Crippen LogP) is 1.64. The van der Waals surface area contributed by atoms with E-state index >= 15 is 0 Å². The summed E-state index contributed by atoms with van der Waals surface area (Å²) in [6.07, 6.45) is 5.20. The Bertz CT molecular complexity index is 465. The van der Waals surface area contributed by atoms with E-state index in [9.17, 15) is 0 Å². The third-order valence-corrected chi connectivity index (χ3v) is 4.11. The summed E-state index contributed by atoms with van der Waals surface area (Å²) < 4.78 is 5.91. The molecule has 3 N–H and O–H groups in total. The average Bonchev–Trinajstić information content (AvgIpc) is 2.46. The van der Waals surface area contributed by atoms with Crippen LogP contribution in [0, 0.1) is 0 Å². The van der Waals surface area contributed by atoms with E-state index in [0.29, 0.717) is 18.1 Å². The molecule has 0 amide bonds. The minimum absolute atomic E-state index is 0.331. The Morgan fingerprint density at radius 2 is 2.25 bits per heavy atom. The fourth-order valence-electron chi connectivity index (χ4n) is 3.25. The van der Waals surface area contributed by atoms with Crippen molar-refractivity contribution in [1.82, 2.24) is 9.97 Å². The molecule has 1 aliphatic heterocycles. The number of nitrogens with one attached hydrogen (secondary N) is 1. The van der Waals surface area contributed by atoms with Gasteiger partial charge < -0.3 is 20.7 Å². The number of nitrogens with two attached hydrogens (primary N) is 1. The molecule has 0 radical (unpaired) electrons. The van der Waals surface area contributed by atoms with E-state index in [0.717, 1.165) is 37.8 Å². The van der Waals surface area contributed by atoms with Crippen molar-refractivity contribution in [2.75, 3.05) is 35.6 Å². The number of fused-ring (bicyclic) bond motifs is 1. The highest BCUT2D eigenvalue weighted by atomic mass is 16.5. The summed E-state index contributed by atoms with van der Waals surface area (Å²) in [6.45, 7) is 4.51. The van der Waals surface area contributed by atoms with Gasteiger partial charge in [0.2, 0.25) is 5.95 Å². The number of rotatable bonds is 3. The molecule has 20 heavy (non-hydrogen) atoms. The maximum absolute atomic E-state index is 5.91. The number of aromatic nitrogens is 2. The molecule has 2 fully saturated rings. The highest BCUT2D eigenvalue weighted by Crippen LogP contribution is 2.32. The van der Waals surface area contributed by atoms with Gasteiger partial charge in [0.05, 0.1) is 18.8 Å². The van der Waals surface area contributed by atoms with Gasteiger partial charge in [0, 0.05) is 19.2 Å². The number of nitrogens with zero attached hydrogens (tertiary/aromatic N) is 3. The summed E-state index contributed by atoms with van der Waals surface area (Å²) in [5, 5.41) is 3.21. The van der Waals surface area contributed by atoms with Crippen molar-refractivity contribution in [1.29, 1.82) is 0 Å². The Morgan fingerprint density at radius 3 is 3.10 bits per heavy atom. The molecule has 1 saturated heterocycles. The molecule has 2 atom stereocenters. The Morgan fingerprint density at radius 1 is 1.40 bits per heavy atom. The van der Waals surface area contributed by atoms with Gasteiger partial charge in [0.15, 0.2) is 0 Å². The molecule has 2 unspecified atom stereocenters. The lowest BCUT2D eigenvalue weighted by atomic mass is 9.90. The van der Waals surface area contributed by atoms with Crippen LogP contribution >= 0.6 is 0 Å². The molecule has 0 bridgehead atoms. The van der Waals surface area contributed by atoms with Gasteiger partial charge in [-0.1, -0.05) is 12.8 Å². The Balaban J connectivity index is 1.86. The molecule has 0 aromatic carbocycles. The van der Waals surface area contributed by atoms with Gasteiger partial charge in [0.25, 0.3) is 0 Å². The van der Waals surface area contributed by atoms with Crippen molar-refractivity contribution < 1.29 is 4.74 Å². The average molecular weight is 277 g/mol. The van der Waals surface area contributed by atoms with E-state index < -0.39 is 0 Å². The molecule has 2 aliphatic rings. The van der Waals surface area contributed by atoms with Gasteiger partial charge in [-0.05, 0) is 19.8 Å². The lowest BCUT2D eigenvalue weighted by Gasteiger charge is -2.44. The number of hydrogen-bond acceptors (Lipinski definition) is 6. The first kappa shape index (κ1) is 13.4. The monoisotopic (exact) mass is 277 g/mol. The van der Waals surface area contributed by atoms with Crippen LogP contribution in [0.4, 0.5) is 17.6 Å². The number of hydrogen-bond donors (Lipinski definition) is 2. The first-order valence-corrected chi connectivity index (χ1v) is 7.54. The molecule has 1 aliphatic carbocycles. The molecule has 1 saturated carbocycles. The van der Waals surface area contributed by atoms with Crippen LogP contribution in [-0.4, -0.2) is 41.8 Å². The third-order valence-electron chi connectivity index (χ3n) is 4.11. The zero-order valence-electron chi connectivity index (χ0n) is 12.0. The highest BCUT2D eigenvalue weighted by Gasteiger charge is 2.35. The van der Waals surface area contributed by atoms with Gasteiger partial charge in [-0.15, -0.1) is 0 Å². The molecular formula is C14H23N5O. The van der Waals surface area contributed by atoms with E-state index in [1.54, 1.807) is 0 Å². The number of anilines is 3. The number of ether oxygens (including phenoxy) is 1. The summed E-state index contributed by atoms with van der Waals surface area (Å²) in [5.41, 5.74) is 5.84. The molecule has 6 heteroatoms. The Hall–Kier alpha value is -1.56. The fraction of sp³-hybridized carbons (Fsp3) is 0.714. The van der Waals surface area contributed by atoms with Gasteiger partial charge in [-0.25, -0.2) is 0 Å². The molecule has 1 aromatic rings. The first-order chi connectivity index (χ1) is 9.78. The molecule has 2 heterocycles. The maximum atomic E-state index is 5.91. The standard InChI is InChI=1S/C14H23N5O/c1-2-16-12-9-13(18-14(15)17-12)19-7-8-20-11-6-4-3-5-10(11)19/h9-11H,2-8H2,1H3,(H3,15,16,17,18). The van der Waals surface area contributed by atoms with Crippen molar-refractivity contribution in [3.63, 3.8) is 0 Å². The Labute approximate surface area is 119 Å². The van der Waals surface area contributed by atoms with Crippen LogP contribution in [0.25, 0.3) is 0 Å². The zero-order chi connectivity index (χ0) is 13.9. The van der Waals surface area contributed by atoms with E-state index in [4.69, 9.17) is 10.5 Å². The molecular weight excluding hydrogens is 254 g/mol. The molecule has 110 valence electrons. The van der Waals surface area contributed by atoms with Crippen LogP contribution in [0.5, 0.6) is 0 Å². The summed E-state index contributed by atoms with van der Waals surface area (Å²) in [7, 11) is 0. The van der Waals surface area contributed by atoms with Crippen LogP contribution in [0.1, 0.15) is 32.6 Å². The lowest BCUT2D eigenvalue weighted by molar-refractivity contribution is -0.00898. The second-order valence-electron chi connectivity index (χ2n) is 5.45. The quantitative estimate of drug-likeness (QED) is 0.874. The smallest absolute Gasteiger partial charge is 0.223 e. The van der Waals surface area contributed by atoms with Crippen LogP contribution in [0.15, 0.2) is 6.07 Å². The molecule has 6 nitrogen and oxygen atoms in total. The zero-order valence-corrected chi connectivity index (χ0v) is 12.0. The van der Waals surface area contributed by atoms with Crippen LogP contribution < -0.4 is 16.0 Å². The second kappa shape index (κ2) is 5.83. The van der Waals surface area contributed by atoms with Gasteiger partial charge in [-0.2, -0.15) is 9.97 Å². The van der Waals surface area contributed by atoms with E-state index in [2.05, 4.69) is 20.2 Å². The highest BCUT2D eigenvalue weighted by molar-refractivity contribution is 5.53. The predicted molar refractivity (Wildman–Crippen MR) is 80.0 cm³/mol. The summed E-state index contributed by atoms with van der Waals surface area (Å²) >= 11 is 0. The maximum Gasteiger partial charge on any atom is 0.223 e. The second-order valence-corrected chi connectivity index (χ2v) is 5.45. The SMILES string of the molecule is CCNc1cc(N2CCOC3CCCCC32)nc(N)n1. The van der Waals surface area contributed by atoms with Crippen molar-refractivity contribution in [3.05, 3.63) is 6.07 Å². The van der Waals surface area contributed by atoms with E-state index in [1.165, 1.54) is 19.3 Å². The van der Waals surface area contributed by atoms with Gasteiger partial charge in [-0.3, -0.25) is 0 Å². The van der Waals surface area contributed by atoms with E-state index in [1.807, 2.05) is 13.0 Å². The van der Waals surface area contributed by atoms with Crippen LogP contribution in [0.2, 0.25) is 0 Å². The van der Waals surface area contributed by atoms with Gasteiger partial charge in [0.1, 0.15) is 11.6 Å². The fourth-order valence-corrected chi connectivity index (χ4v) is 3.25. The van der Waals surface area contributed by atoms with Crippen LogP contribution in [-0.2, 0) is 4.74 Å². The van der Waals surface area contributed by atoms with Crippen LogP contribution in [0.3, 0.4) is 0 Å². The molecule has 0 spiro atoms. The summed E-state index contributed by atoms with van der Waals surface area (Å²) in [5.74, 6) is 2.06. The largest absolute Gasteiger partial charge is 0.374 e. The lowest BCUT2D eigenvalue weighted by Crippen LogP contribution is -2.53. The van der Waals surface area contributed by atoms with Crippen molar-refractivity contribution >= 4 is 17.6 Å². The topological polar surface area (TPSA) is 76.3 Å². The van der Waals surface area contributed by atoms with Crippen molar-refractivity contribution in [2.24, 2.45) is 0 Å². The van der Waals surface area contributed by atoms with E-state index in [-0.39, 0.29) is 0 Å². The summed E-state index contributed by atoms with van der Waals surface area (Å²) in [4.78, 5) is 11.0. The minimum atomic E-state index is 0.331. The first-order valence-electron chi connectivity index (χ1n) is 7.54. The third kappa shape index (κ3) is 2.65.